The minimum Gasteiger partial charge on any atom is -0.360 e. The van der Waals surface area contributed by atoms with Crippen LogP contribution >= 0.6 is 0 Å². The molecule has 0 unspecified atom stereocenters. The largest absolute Gasteiger partial charge is 0.360 e. The second kappa shape index (κ2) is 5.93. The predicted octanol–water partition coefficient (Wildman–Crippen LogP) is 3.85. The van der Waals surface area contributed by atoms with Crippen LogP contribution in [0, 0.1) is 32.1 Å². The van der Waals surface area contributed by atoms with Gasteiger partial charge in [-0.1, -0.05) is 11.2 Å². The second-order valence-corrected chi connectivity index (χ2v) is 5.34. The average molecular weight is 304 g/mol. The summed E-state index contributed by atoms with van der Waals surface area (Å²) in [5.74, 6) is 1.50. The smallest absolute Gasteiger partial charge is 0.180 e. The molecule has 0 aromatic carbocycles. The first-order valence-corrected chi connectivity index (χ1v) is 7.26. The summed E-state index contributed by atoms with van der Waals surface area (Å²) in [5.41, 5.74) is 4.18. The number of aromatic nitrogens is 3. The van der Waals surface area contributed by atoms with Gasteiger partial charge in [-0.2, -0.15) is 5.26 Å². The molecule has 5 heteroatoms. The monoisotopic (exact) mass is 304 g/mol. The first kappa shape index (κ1) is 14.8. The first-order valence-electron chi connectivity index (χ1n) is 7.26. The van der Waals surface area contributed by atoms with E-state index in [2.05, 4.69) is 16.2 Å². The Kier molecular flexibility index (Phi) is 3.82. The molecule has 0 amide bonds. The Labute approximate surface area is 134 Å². The molecule has 0 radical (unpaired) electrons. The van der Waals surface area contributed by atoms with Crippen molar-refractivity contribution in [1.29, 1.82) is 5.26 Å². The van der Waals surface area contributed by atoms with Crippen molar-refractivity contribution in [3.8, 4) is 11.9 Å². The Morgan fingerprint density at radius 3 is 2.70 bits per heavy atom. The third-order valence-corrected chi connectivity index (χ3v) is 3.68. The van der Waals surface area contributed by atoms with Crippen LogP contribution < -0.4 is 0 Å². The van der Waals surface area contributed by atoms with Crippen molar-refractivity contribution in [3.63, 3.8) is 0 Å². The Bertz CT molecular complexity index is 910. The van der Waals surface area contributed by atoms with Crippen LogP contribution in [-0.2, 0) is 0 Å². The van der Waals surface area contributed by atoms with E-state index in [1.54, 1.807) is 6.20 Å². The Morgan fingerprint density at radius 1 is 1.26 bits per heavy atom. The van der Waals surface area contributed by atoms with Crippen LogP contribution in [0.3, 0.4) is 0 Å². The van der Waals surface area contributed by atoms with Gasteiger partial charge in [-0.15, -0.1) is 0 Å². The summed E-state index contributed by atoms with van der Waals surface area (Å²) in [6, 6.07) is 11.7. The highest BCUT2D eigenvalue weighted by atomic mass is 16.5. The second-order valence-electron chi connectivity index (χ2n) is 5.34. The maximum absolute atomic E-state index is 9.44. The van der Waals surface area contributed by atoms with Crippen molar-refractivity contribution in [1.82, 2.24) is 14.7 Å². The zero-order chi connectivity index (χ0) is 16.4. The van der Waals surface area contributed by atoms with E-state index in [1.165, 1.54) is 0 Å². The summed E-state index contributed by atoms with van der Waals surface area (Å²) >= 11 is 0. The normalized spacial score (nSPS) is 11.5. The fraction of sp³-hybridized carbons (Fsp3) is 0.167. The number of hydrogen-bond acceptors (Lipinski definition) is 4. The quantitative estimate of drug-likeness (QED) is 0.689. The van der Waals surface area contributed by atoms with E-state index < -0.39 is 0 Å². The molecular weight excluding hydrogens is 288 g/mol. The molecule has 23 heavy (non-hydrogen) atoms. The fourth-order valence-electron chi connectivity index (χ4n) is 2.59. The van der Waals surface area contributed by atoms with Gasteiger partial charge in [0.05, 0.1) is 11.3 Å². The molecule has 0 N–H and O–H groups in total. The van der Waals surface area contributed by atoms with Gasteiger partial charge in [-0.25, -0.2) is 0 Å². The Morgan fingerprint density at radius 2 is 2.09 bits per heavy atom. The average Bonchev–Trinajstić information content (AvgIpc) is 3.09. The highest BCUT2D eigenvalue weighted by Crippen LogP contribution is 2.24. The number of allylic oxidation sites excluding steroid dienone is 1. The fourth-order valence-corrected chi connectivity index (χ4v) is 2.59. The summed E-state index contributed by atoms with van der Waals surface area (Å²) in [6.45, 7) is 5.86. The SMILES string of the molecule is Cc1cc(-n2c(C)cc(/C=C(\C#N)c3ccccn3)c2C)no1. The van der Waals surface area contributed by atoms with E-state index in [4.69, 9.17) is 4.52 Å². The number of aryl methyl sites for hydroxylation is 2. The molecule has 0 spiro atoms. The zero-order valence-corrected chi connectivity index (χ0v) is 13.2. The third kappa shape index (κ3) is 2.79. The molecule has 0 aliphatic rings. The summed E-state index contributed by atoms with van der Waals surface area (Å²) in [7, 11) is 0. The summed E-state index contributed by atoms with van der Waals surface area (Å²) in [5, 5.41) is 13.5. The standard InChI is InChI=1S/C18H16N4O/c1-12-8-15(10-16(11-19)17-6-4-5-7-20-17)14(3)22(12)18-9-13(2)23-21-18/h4-10H,1-3H3/b16-10+. The van der Waals surface area contributed by atoms with E-state index in [0.29, 0.717) is 11.3 Å². The molecule has 0 aliphatic carbocycles. The summed E-state index contributed by atoms with van der Waals surface area (Å²) in [6.07, 6.45) is 3.54. The topological polar surface area (TPSA) is 67.6 Å². The van der Waals surface area contributed by atoms with Gasteiger partial charge < -0.3 is 4.52 Å². The van der Waals surface area contributed by atoms with Crippen LogP contribution in [-0.4, -0.2) is 14.7 Å². The lowest BCUT2D eigenvalue weighted by Gasteiger charge is -2.04. The molecule has 3 heterocycles. The maximum atomic E-state index is 9.44. The first-order chi connectivity index (χ1) is 11.1. The molecule has 3 aromatic heterocycles. The lowest BCUT2D eigenvalue weighted by atomic mass is 10.1. The molecular formula is C18H16N4O. The van der Waals surface area contributed by atoms with E-state index in [9.17, 15) is 5.26 Å². The van der Waals surface area contributed by atoms with Gasteiger partial charge >= 0.3 is 0 Å². The molecule has 3 aromatic rings. The lowest BCUT2D eigenvalue weighted by Crippen LogP contribution is -1.99. The molecule has 5 nitrogen and oxygen atoms in total. The van der Waals surface area contributed by atoms with Crippen molar-refractivity contribution in [3.05, 3.63) is 64.9 Å². The van der Waals surface area contributed by atoms with Gasteiger partial charge in [0.25, 0.3) is 0 Å². The molecule has 3 rings (SSSR count). The lowest BCUT2D eigenvalue weighted by molar-refractivity contribution is 0.394. The molecule has 0 atom stereocenters. The predicted molar refractivity (Wildman–Crippen MR) is 87.8 cm³/mol. The van der Waals surface area contributed by atoms with Crippen LogP contribution in [0.2, 0.25) is 0 Å². The van der Waals surface area contributed by atoms with Gasteiger partial charge in [-0.05, 0) is 50.6 Å². The van der Waals surface area contributed by atoms with Crippen LogP contribution in [0.15, 0.2) is 41.1 Å². The van der Waals surface area contributed by atoms with Gasteiger partial charge in [0.2, 0.25) is 0 Å². The van der Waals surface area contributed by atoms with Crippen LogP contribution in [0.25, 0.3) is 17.5 Å². The Hall–Kier alpha value is -3.13. The van der Waals surface area contributed by atoms with E-state index in [0.717, 1.165) is 28.5 Å². The highest BCUT2D eigenvalue weighted by molar-refractivity contribution is 5.88. The minimum atomic E-state index is 0.530. The van der Waals surface area contributed by atoms with Gasteiger partial charge in [0.1, 0.15) is 11.8 Å². The number of nitriles is 1. The highest BCUT2D eigenvalue weighted by Gasteiger charge is 2.13. The van der Waals surface area contributed by atoms with E-state index in [1.807, 2.05) is 61.7 Å². The number of rotatable bonds is 3. The van der Waals surface area contributed by atoms with Crippen LogP contribution in [0.1, 0.15) is 28.4 Å². The van der Waals surface area contributed by atoms with E-state index in [-0.39, 0.29) is 0 Å². The van der Waals surface area contributed by atoms with Crippen LogP contribution in [0.4, 0.5) is 0 Å². The number of hydrogen-bond donors (Lipinski definition) is 0. The number of pyridine rings is 1. The molecule has 0 saturated heterocycles. The molecule has 0 bridgehead atoms. The van der Waals surface area contributed by atoms with Gasteiger partial charge in [0.15, 0.2) is 5.82 Å². The van der Waals surface area contributed by atoms with Crippen molar-refractivity contribution in [2.45, 2.75) is 20.8 Å². The number of nitrogens with zero attached hydrogens (tertiary/aromatic N) is 4. The molecule has 0 fully saturated rings. The maximum Gasteiger partial charge on any atom is 0.180 e. The van der Waals surface area contributed by atoms with Crippen molar-refractivity contribution < 1.29 is 4.52 Å². The molecule has 0 aliphatic heterocycles. The zero-order valence-electron chi connectivity index (χ0n) is 13.2. The van der Waals surface area contributed by atoms with Gasteiger partial charge in [0, 0.05) is 23.7 Å². The molecule has 0 saturated carbocycles. The van der Waals surface area contributed by atoms with Gasteiger partial charge in [-0.3, -0.25) is 9.55 Å². The molecule has 114 valence electrons. The minimum absolute atomic E-state index is 0.530. The third-order valence-electron chi connectivity index (χ3n) is 3.68. The summed E-state index contributed by atoms with van der Waals surface area (Å²) in [4.78, 5) is 4.24. The van der Waals surface area contributed by atoms with Crippen LogP contribution in [0.5, 0.6) is 0 Å². The van der Waals surface area contributed by atoms with Crippen molar-refractivity contribution in [2.75, 3.05) is 0 Å². The summed E-state index contributed by atoms with van der Waals surface area (Å²) < 4.78 is 7.17. The van der Waals surface area contributed by atoms with Crippen molar-refractivity contribution >= 4 is 11.6 Å². The van der Waals surface area contributed by atoms with Crippen molar-refractivity contribution in [2.24, 2.45) is 0 Å². The van der Waals surface area contributed by atoms with E-state index >= 15 is 0 Å². The Balaban J connectivity index is 2.08.